The van der Waals surface area contributed by atoms with Crippen molar-refractivity contribution in [3.8, 4) is 0 Å². The van der Waals surface area contributed by atoms with E-state index in [1.54, 1.807) is 20.0 Å². The van der Waals surface area contributed by atoms with Crippen molar-refractivity contribution >= 4 is 34.1 Å². The molecule has 1 aliphatic heterocycles. The van der Waals surface area contributed by atoms with E-state index in [0.717, 1.165) is 17.9 Å². The van der Waals surface area contributed by atoms with E-state index in [0.29, 0.717) is 11.4 Å². The third-order valence-electron chi connectivity index (χ3n) is 5.44. The molecule has 1 unspecified atom stereocenters. The zero-order chi connectivity index (χ0) is 22.6. The normalized spacial score (nSPS) is 18.9. The van der Waals surface area contributed by atoms with Crippen molar-refractivity contribution in [2.45, 2.75) is 38.3 Å². The van der Waals surface area contributed by atoms with Crippen LogP contribution in [0.4, 0.5) is 4.39 Å². The number of rotatable bonds is 8. The highest BCUT2D eigenvalue weighted by Gasteiger charge is 2.50. The lowest BCUT2D eigenvalue weighted by Crippen LogP contribution is -2.55. The average Bonchev–Trinajstić information content (AvgIpc) is 3.24. The number of Topliss-reactive ketones (excluding diaryl/α,β-unsaturated/α-hetero) is 1. The number of nitrogens with one attached hydrogen (secondary N) is 1. The number of nitrogens with zero attached hydrogens (tertiary/aromatic N) is 2. The first kappa shape index (κ1) is 22.3. The van der Waals surface area contributed by atoms with E-state index in [1.165, 1.54) is 0 Å². The molecule has 0 fully saturated rings. The number of pyridine rings is 1. The van der Waals surface area contributed by atoms with Crippen LogP contribution in [0.15, 0.2) is 41.7 Å². The Labute approximate surface area is 178 Å². The van der Waals surface area contributed by atoms with E-state index in [1.807, 2.05) is 30.3 Å². The molecule has 1 N–H and O–H groups in total. The predicted octanol–water partition coefficient (Wildman–Crippen LogP) is 2.34. The van der Waals surface area contributed by atoms with Gasteiger partial charge in [-0.2, -0.15) is 0 Å². The number of aromatic nitrogens is 1. The molecule has 0 aliphatic carbocycles. The minimum Gasteiger partial charge on any atom is -0.469 e. The summed E-state index contributed by atoms with van der Waals surface area (Å²) in [5.41, 5.74) is -0.347. The molecule has 8 nitrogen and oxygen atoms in total. The first-order valence-electron chi connectivity index (χ1n) is 9.88. The highest BCUT2D eigenvalue weighted by atomic mass is 19.1. The van der Waals surface area contributed by atoms with Crippen molar-refractivity contribution in [1.29, 1.82) is 0 Å². The van der Waals surface area contributed by atoms with Gasteiger partial charge in [-0.1, -0.05) is 43.3 Å². The molecular formula is C22H24FN3O5. The standard InChI is InChI=1S/C22H24FN3O5/c1-13(2)22(21(29)25-16(18(27)12-23)10-19(28)30-3)11-17(26-31-22)20-15-7-5-4-6-14(15)8-9-24-20/h4-9,13,16H,10-12H2,1-3H3,(H,25,29)/t16-,22?/m0/s1. The topological polar surface area (TPSA) is 107 Å². The van der Waals surface area contributed by atoms with Gasteiger partial charge in [0.25, 0.3) is 5.91 Å². The molecule has 9 heteroatoms. The van der Waals surface area contributed by atoms with E-state index in [-0.39, 0.29) is 12.3 Å². The fraction of sp³-hybridized carbons (Fsp3) is 0.409. The molecule has 1 aliphatic rings. The van der Waals surface area contributed by atoms with Gasteiger partial charge in [-0.15, -0.1) is 0 Å². The number of esters is 1. The van der Waals surface area contributed by atoms with Crippen molar-refractivity contribution in [1.82, 2.24) is 10.3 Å². The maximum atomic E-state index is 13.2. The fourth-order valence-electron chi connectivity index (χ4n) is 3.49. The quantitative estimate of drug-likeness (QED) is 0.646. The fourth-order valence-corrected chi connectivity index (χ4v) is 3.49. The number of halogens is 1. The molecule has 0 saturated carbocycles. The van der Waals surface area contributed by atoms with Crippen LogP contribution in [-0.2, 0) is 24.0 Å². The van der Waals surface area contributed by atoms with Crippen LogP contribution in [0.3, 0.4) is 0 Å². The number of alkyl halides is 1. The second-order valence-corrected chi connectivity index (χ2v) is 7.64. The van der Waals surface area contributed by atoms with Crippen LogP contribution in [0, 0.1) is 5.92 Å². The molecule has 2 heterocycles. The Hall–Kier alpha value is -3.36. The lowest BCUT2D eigenvalue weighted by Gasteiger charge is -2.30. The van der Waals surface area contributed by atoms with Gasteiger partial charge >= 0.3 is 5.97 Å². The number of amides is 1. The van der Waals surface area contributed by atoms with Gasteiger partial charge in [-0.25, -0.2) is 4.39 Å². The number of ether oxygens (including phenoxy) is 1. The van der Waals surface area contributed by atoms with Gasteiger partial charge in [0.05, 0.1) is 19.2 Å². The molecule has 2 atom stereocenters. The zero-order valence-electron chi connectivity index (χ0n) is 17.6. The first-order chi connectivity index (χ1) is 14.8. The summed E-state index contributed by atoms with van der Waals surface area (Å²) in [6.07, 6.45) is 1.28. The Morgan fingerprint density at radius 3 is 2.68 bits per heavy atom. The smallest absolute Gasteiger partial charge is 0.308 e. The lowest BCUT2D eigenvalue weighted by molar-refractivity contribution is -0.152. The second-order valence-electron chi connectivity index (χ2n) is 7.64. The van der Waals surface area contributed by atoms with Crippen LogP contribution < -0.4 is 5.32 Å². The number of carbonyl (C=O) groups excluding carboxylic acids is 3. The van der Waals surface area contributed by atoms with Crippen LogP contribution in [-0.4, -0.2) is 53.8 Å². The highest BCUT2D eigenvalue weighted by molar-refractivity contribution is 6.12. The van der Waals surface area contributed by atoms with E-state index < -0.39 is 42.4 Å². The highest BCUT2D eigenvalue weighted by Crippen LogP contribution is 2.35. The van der Waals surface area contributed by atoms with Crippen LogP contribution in [0.5, 0.6) is 0 Å². The van der Waals surface area contributed by atoms with Gasteiger partial charge in [-0.05, 0) is 11.5 Å². The van der Waals surface area contributed by atoms with Gasteiger partial charge in [0.15, 0.2) is 5.78 Å². The SMILES string of the molecule is COC(=O)C[C@H](NC(=O)C1(C(C)C)CC(c2nccc3ccccc23)=NO1)C(=O)CF. The summed E-state index contributed by atoms with van der Waals surface area (Å²) in [5.74, 6) is -2.66. The van der Waals surface area contributed by atoms with Crippen molar-refractivity contribution in [3.05, 3.63) is 42.2 Å². The molecule has 2 aromatic rings. The molecule has 0 saturated heterocycles. The Kier molecular flexibility index (Phi) is 6.62. The van der Waals surface area contributed by atoms with Gasteiger partial charge in [0.2, 0.25) is 5.60 Å². The van der Waals surface area contributed by atoms with Crippen LogP contribution >= 0.6 is 0 Å². The number of methoxy groups -OCH3 is 1. The predicted molar refractivity (Wildman–Crippen MR) is 111 cm³/mol. The van der Waals surface area contributed by atoms with Crippen molar-refractivity contribution < 1.29 is 28.3 Å². The van der Waals surface area contributed by atoms with E-state index >= 15 is 0 Å². The monoisotopic (exact) mass is 429 g/mol. The van der Waals surface area contributed by atoms with E-state index in [9.17, 15) is 18.8 Å². The molecule has 1 amide bonds. The Morgan fingerprint density at radius 2 is 2.00 bits per heavy atom. The molecule has 1 aromatic carbocycles. The minimum atomic E-state index is -1.43. The number of hydrogen-bond acceptors (Lipinski definition) is 7. The van der Waals surface area contributed by atoms with E-state index in [2.05, 4.69) is 20.2 Å². The van der Waals surface area contributed by atoms with E-state index in [4.69, 9.17) is 4.84 Å². The van der Waals surface area contributed by atoms with Crippen molar-refractivity contribution in [3.63, 3.8) is 0 Å². The number of oxime groups is 1. The van der Waals surface area contributed by atoms with Crippen LogP contribution in [0.1, 0.15) is 32.4 Å². The number of benzene rings is 1. The number of fused-ring (bicyclic) bond motifs is 1. The van der Waals surface area contributed by atoms with Gasteiger partial charge < -0.3 is 14.9 Å². The molecule has 164 valence electrons. The third-order valence-corrected chi connectivity index (χ3v) is 5.44. The number of hydrogen-bond donors (Lipinski definition) is 1. The van der Waals surface area contributed by atoms with Crippen LogP contribution in [0.25, 0.3) is 10.8 Å². The van der Waals surface area contributed by atoms with Crippen LogP contribution in [0.2, 0.25) is 0 Å². The summed E-state index contributed by atoms with van der Waals surface area (Å²) >= 11 is 0. The molecule has 0 spiro atoms. The molecule has 31 heavy (non-hydrogen) atoms. The third kappa shape index (κ3) is 4.40. The zero-order valence-corrected chi connectivity index (χ0v) is 17.6. The first-order valence-corrected chi connectivity index (χ1v) is 9.88. The largest absolute Gasteiger partial charge is 0.469 e. The average molecular weight is 429 g/mol. The van der Waals surface area contributed by atoms with Crippen molar-refractivity contribution in [2.75, 3.05) is 13.8 Å². The summed E-state index contributed by atoms with van der Waals surface area (Å²) in [6.45, 7) is 2.24. The van der Waals surface area contributed by atoms with Crippen molar-refractivity contribution in [2.24, 2.45) is 11.1 Å². The second kappa shape index (κ2) is 9.20. The summed E-state index contributed by atoms with van der Waals surface area (Å²) < 4.78 is 17.5. The Morgan fingerprint density at radius 1 is 1.26 bits per heavy atom. The molecule has 1 aromatic heterocycles. The Balaban J connectivity index is 1.87. The lowest BCUT2D eigenvalue weighted by atomic mass is 9.83. The molecule has 3 rings (SSSR count). The number of ketones is 1. The Bertz CT molecular complexity index is 1030. The summed E-state index contributed by atoms with van der Waals surface area (Å²) in [7, 11) is 1.15. The van der Waals surface area contributed by atoms with Gasteiger partial charge in [0, 0.05) is 23.9 Å². The summed E-state index contributed by atoms with van der Waals surface area (Å²) in [4.78, 5) is 46.8. The minimum absolute atomic E-state index is 0.103. The molecular weight excluding hydrogens is 405 g/mol. The van der Waals surface area contributed by atoms with Gasteiger partial charge in [-0.3, -0.25) is 19.4 Å². The number of carbonyl (C=O) groups is 3. The summed E-state index contributed by atoms with van der Waals surface area (Å²) in [5, 5.41) is 8.43. The molecule has 0 radical (unpaired) electrons. The van der Waals surface area contributed by atoms with Gasteiger partial charge in [0.1, 0.15) is 18.4 Å². The maximum Gasteiger partial charge on any atom is 0.308 e. The maximum absolute atomic E-state index is 13.2. The summed E-state index contributed by atoms with van der Waals surface area (Å²) in [6, 6.07) is 8.16. The molecule has 0 bridgehead atoms.